The predicted molar refractivity (Wildman–Crippen MR) is 119 cm³/mol. The van der Waals surface area contributed by atoms with Crippen molar-refractivity contribution >= 4 is 44.3 Å². The Hall–Kier alpha value is -3.63. The van der Waals surface area contributed by atoms with E-state index in [1.54, 1.807) is 35.1 Å². The first-order valence-corrected chi connectivity index (χ1v) is 10.9. The molecule has 5 aromatic heterocycles. The number of rotatable bonds is 3. The molecule has 0 unspecified atom stereocenters. The molecule has 6 nitrogen and oxygen atoms in total. The minimum atomic E-state index is -4.53. The third-order valence-corrected chi connectivity index (χ3v) is 6.39. The van der Waals surface area contributed by atoms with Crippen LogP contribution in [0.25, 0.3) is 32.5 Å². The predicted octanol–water partition coefficient (Wildman–Crippen LogP) is 6.72. The lowest BCUT2D eigenvalue weighted by Gasteiger charge is -2.15. The molecule has 0 aliphatic rings. The summed E-state index contributed by atoms with van der Waals surface area (Å²) in [6.45, 7) is 0. The van der Waals surface area contributed by atoms with E-state index in [-0.39, 0.29) is 11.6 Å². The third kappa shape index (κ3) is 3.30. The van der Waals surface area contributed by atoms with Gasteiger partial charge >= 0.3 is 6.18 Å². The highest BCUT2D eigenvalue weighted by molar-refractivity contribution is 7.17. The Labute approximate surface area is 192 Å². The minimum absolute atomic E-state index is 0.0158. The zero-order chi connectivity index (χ0) is 22.7. The first-order chi connectivity index (χ1) is 15.9. The lowest BCUT2D eigenvalue weighted by atomic mass is 10.0. The number of pyridine rings is 1. The second-order valence-corrected chi connectivity index (χ2v) is 8.50. The van der Waals surface area contributed by atoms with Crippen LogP contribution in [-0.2, 0) is 6.18 Å². The number of benzene rings is 1. The standard InChI is InChI=1S/C22H11ClF3N5OS/c23-17-10-28-18-4-1-12(11-30(17)18)14-3-2-13(22(24,25)26)9-16(14)32-21-19-15(5-8-33-19)20-27-6-7-31(20)29-21/h1-11H. The summed E-state index contributed by atoms with van der Waals surface area (Å²) in [6.07, 6.45) is 1.93. The summed E-state index contributed by atoms with van der Waals surface area (Å²) >= 11 is 7.56. The van der Waals surface area contributed by atoms with Gasteiger partial charge < -0.3 is 4.74 Å². The number of fused-ring (bicyclic) bond motifs is 4. The highest BCUT2D eigenvalue weighted by Gasteiger charge is 2.32. The fraction of sp³-hybridized carbons (Fsp3) is 0.0455. The van der Waals surface area contributed by atoms with Crippen molar-refractivity contribution in [1.82, 2.24) is 24.0 Å². The van der Waals surface area contributed by atoms with E-state index in [2.05, 4.69) is 15.1 Å². The quantitative estimate of drug-likeness (QED) is 0.279. The summed E-state index contributed by atoms with van der Waals surface area (Å²) in [4.78, 5) is 8.47. The molecule has 0 amide bonds. The second-order valence-electron chi connectivity index (χ2n) is 7.20. The lowest BCUT2D eigenvalue weighted by molar-refractivity contribution is -0.137. The second kappa shape index (κ2) is 7.19. The van der Waals surface area contributed by atoms with Crippen molar-refractivity contribution < 1.29 is 17.9 Å². The smallest absolute Gasteiger partial charge is 0.416 e. The maximum absolute atomic E-state index is 13.5. The molecule has 0 N–H and O–H groups in total. The Morgan fingerprint density at radius 2 is 1.94 bits per heavy atom. The van der Waals surface area contributed by atoms with Crippen molar-refractivity contribution in [2.75, 3.05) is 0 Å². The van der Waals surface area contributed by atoms with Gasteiger partial charge in [0.1, 0.15) is 21.2 Å². The Kier molecular flexibility index (Phi) is 4.36. The normalized spacial score (nSPS) is 12.2. The Bertz CT molecular complexity index is 1670. The van der Waals surface area contributed by atoms with Crippen LogP contribution in [0.5, 0.6) is 11.6 Å². The summed E-state index contributed by atoms with van der Waals surface area (Å²) < 4.78 is 50.5. The van der Waals surface area contributed by atoms with Crippen LogP contribution in [0.3, 0.4) is 0 Å². The van der Waals surface area contributed by atoms with Crippen LogP contribution in [-0.4, -0.2) is 24.0 Å². The molecule has 0 fully saturated rings. The Morgan fingerprint density at radius 3 is 2.79 bits per heavy atom. The number of ether oxygens (including phenoxy) is 1. The Morgan fingerprint density at radius 1 is 1.06 bits per heavy atom. The molecule has 0 atom stereocenters. The Balaban J connectivity index is 1.55. The summed E-state index contributed by atoms with van der Waals surface area (Å²) in [7, 11) is 0. The topological polar surface area (TPSA) is 56.7 Å². The van der Waals surface area contributed by atoms with E-state index < -0.39 is 11.7 Å². The molecule has 164 valence electrons. The largest absolute Gasteiger partial charge is 0.436 e. The van der Waals surface area contributed by atoms with Gasteiger partial charge in [0, 0.05) is 35.1 Å². The fourth-order valence-electron chi connectivity index (χ4n) is 3.67. The first-order valence-electron chi connectivity index (χ1n) is 9.61. The van der Waals surface area contributed by atoms with E-state index in [4.69, 9.17) is 16.3 Å². The van der Waals surface area contributed by atoms with Gasteiger partial charge in [-0.15, -0.1) is 16.4 Å². The van der Waals surface area contributed by atoms with Crippen molar-refractivity contribution in [3.8, 4) is 22.8 Å². The van der Waals surface area contributed by atoms with Gasteiger partial charge in [-0.25, -0.2) is 14.5 Å². The number of hydrogen-bond donors (Lipinski definition) is 0. The summed E-state index contributed by atoms with van der Waals surface area (Å²) in [5.74, 6) is 0.204. The highest BCUT2D eigenvalue weighted by atomic mass is 35.5. The summed E-state index contributed by atoms with van der Waals surface area (Å²) in [5, 5.41) is 7.48. The molecule has 6 aromatic rings. The lowest BCUT2D eigenvalue weighted by Crippen LogP contribution is -2.06. The maximum atomic E-state index is 13.5. The van der Waals surface area contributed by atoms with Crippen LogP contribution in [0.1, 0.15) is 5.56 Å². The van der Waals surface area contributed by atoms with Crippen LogP contribution in [0.4, 0.5) is 13.2 Å². The molecule has 0 aliphatic carbocycles. The molecule has 33 heavy (non-hydrogen) atoms. The van der Waals surface area contributed by atoms with Gasteiger partial charge in [-0.05, 0) is 41.8 Å². The van der Waals surface area contributed by atoms with Gasteiger partial charge in [0.05, 0.1) is 11.8 Å². The van der Waals surface area contributed by atoms with E-state index >= 15 is 0 Å². The van der Waals surface area contributed by atoms with Crippen LogP contribution in [0, 0.1) is 0 Å². The van der Waals surface area contributed by atoms with Crippen molar-refractivity contribution in [2.24, 2.45) is 0 Å². The molecule has 5 heterocycles. The van der Waals surface area contributed by atoms with E-state index in [1.165, 1.54) is 28.1 Å². The molecule has 0 spiro atoms. The molecular formula is C22H11ClF3N5OS. The molecule has 1 aromatic carbocycles. The van der Waals surface area contributed by atoms with E-state index in [0.717, 1.165) is 17.5 Å². The third-order valence-electron chi connectivity index (χ3n) is 5.21. The number of nitrogens with zero attached hydrogens (tertiary/aromatic N) is 5. The minimum Gasteiger partial charge on any atom is -0.436 e. The zero-order valence-electron chi connectivity index (χ0n) is 16.4. The maximum Gasteiger partial charge on any atom is 0.416 e. The van der Waals surface area contributed by atoms with Gasteiger partial charge in [-0.3, -0.25) is 4.40 Å². The van der Waals surface area contributed by atoms with Crippen LogP contribution in [0.2, 0.25) is 5.15 Å². The van der Waals surface area contributed by atoms with Gasteiger partial charge in [0.25, 0.3) is 5.88 Å². The summed E-state index contributed by atoms with van der Waals surface area (Å²) in [6, 6.07) is 8.74. The molecular weight excluding hydrogens is 475 g/mol. The van der Waals surface area contributed by atoms with Gasteiger partial charge in [0.15, 0.2) is 5.65 Å². The molecule has 11 heteroatoms. The van der Waals surface area contributed by atoms with Gasteiger partial charge in [-0.2, -0.15) is 13.2 Å². The van der Waals surface area contributed by atoms with Crippen molar-refractivity contribution in [3.05, 3.63) is 77.3 Å². The van der Waals surface area contributed by atoms with Crippen molar-refractivity contribution in [3.63, 3.8) is 0 Å². The number of hydrogen-bond acceptors (Lipinski definition) is 5. The number of halogens is 4. The van der Waals surface area contributed by atoms with Crippen LogP contribution < -0.4 is 4.74 Å². The molecule has 6 rings (SSSR count). The zero-order valence-corrected chi connectivity index (χ0v) is 18.0. The molecule has 0 saturated carbocycles. The van der Waals surface area contributed by atoms with Crippen molar-refractivity contribution in [1.29, 1.82) is 0 Å². The van der Waals surface area contributed by atoms with E-state index in [1.807, 2.05) is 11.4 Å². The van der Waals surface area contributed by atoms with Crippen LogP contribution >= 0.6 is 22.9 Å². The van der Waals surface area contributed by atoms with E-state index in [0.29, 0.717) is 32.3 Å². The number of aromatic nitrogens is 5. The van der Waals surface area contributed by atoms with Crippen molar-refractivity contribution in [2.45, 2.75) is 6.18 Å². The average molecular weight is 486 g/mol. The highest BCUT2D eigenvalue weighted by Crippen LogP contribution is 2.41. The summed E-state index contributed by atoms with van der Waals surface area (Å²) in [5.41, 5.74) is 1.49. The number of alkyl halides is 3. The fourth-order valence-corrected chi connectivity index (χ4v) is 4.66. The number of thiophene rings is 1. The molecule has 0 saturated heterocycles. The monoisotopic (exact) mass is 485 g/mol. The van der Waals surface area contributed by atoms with Crippen LogP contribution in [0.15, 0.2) is 66.6 Å². The van der Waals surface area contributed by atoms with Gasteiger partial charge in [-0.1, -0.05) is 11.6 Å². The molecule has 0 bridgehead atoms. The molecule has 0 aliphatic heterocycles. The number of imidazole rings is 2. The SMILES string of the molecule is FC(F)(F)c1ccc(-c2ccc3ncc(Cl)n3c2)c(Oc2nn3ccnc3c3ccsc23)c1. The first kappa shape index (κ1) is 20.0. The average Bonchev–Trinajstić information content (AvgIpc) is 3.52. The van der Waals surface area contributed by atoms with E-state index in [9.17, 15) is 13.2 Å². The van der Waals surface area contributed by atoms with Gasteiger partial charge in [0.2, 0.25) is 0 Å². The molecule has 0 radical (unpaired) electrons.